The van der Waals surface area contributed by atoms with Gasteiger partial charge in [-0.1, -0.05) is 18.6 Å². The third kappa shape index (κ3) is 4.99. The second-order valence-corrected chi connectivity index (χ2v) is 8.52. The molecule has 0 aromatic heterocycles. The molecule has 0 unspecified atom stereocenters. The Balaban J connectivity index is 1.61. The number of nitrogens with one attached hydrogen (secondary N) is 1. The summed E-state index contributed by atoms with van der Waals surface area (Å²) in [4.78, 5) is 12.3. The number of hydrogen-bond donors (Lipinski definition) is 1. The third-order valence-corrected chi connectivity index (χ3v) is 6.53. The van der Waals surface area contributed by atoms with Crippen LogP contribution >= 0.6 is 0 Å². The van der Waals surface area contributed by atoms with Crippen LogP contribution in [0.5, 0.6) is 5.75 Å². The standard InChI is InChI=1S/C21H24N2O4S/c1-27-19-10-5-17(6-11-19)7-14-21(24)22-18-8-12-20(13-9-18)28(25,26)23-15-3-2-4-16-23/h5-14H,2-4,15-16H2,1H3,(H,22,24)/b14-7-. The van der Waals surface area contributed by atoms with E-state index >= 15 is 0 Å². The van der Waals surface area contributed by atoms with Crippen molar-refractivity contribution in [2.45, 2.75) is 24.2 Å². The zero-order chi connectivity index (χ0) is 20.0. The minimum absolute atomic E-state index is 0.251. The number of piperidine rings is 1. The van der Waals surface area contributed by atoms with E-state index in [1.807, 2.05) is 24.3 Å². The summed E-state index contributed by atoms with van der Waals surface area (Å²) in [5, 5.41) is 2.73. The monoisotopic (exact) mass is 400 g/mol. The zero-order valence-electron chi connectivity index (χ0n) is 15.8. The van der Waals surface area contributed by atoms with Crippen molar-refractivity contribution in [1.82, 2.24) is 4.31 Å². The maximum absolute atomic E-state index is 12.6. The SMILES string of the molecule is COc1ccc(/C=C\C(=O)Nc2ccc(S(=O)(=O)N3CCCCC3)cc2)cc1. The van der Waals surface area contributed by atoms with Crippen LogP contribution in [-0.4, -0.2) is 38.8 Å². The van der Waals surface area contributed by atoms with Crippen LogP contribution in [0.3, 0.4) is 0 Å². The van der Waals surface area contributed by atoms with E-state index in [1.165, 1.54) is 22.5 Å². The molecule has 6 nitrogen and oxygen atoms in total. The van der Waals surface area contributed by atoms with Gasteiger partial charge in [0.1, 0.15) is 5.75 Å². The van der Waals surface area contributed by atoms with Gasteiger partial charge in [0, 0.05) is 24.9 Å². The number of ether oxygens (including phenoxy) is 1. The number of hydrogen-bond acceptors (Lipinski definition) is 4. The van der Waals surface area contributed by atoms with Gasteiger partial charge >= 0.3 is 0 Å². The van der Waals surface area contributed by atoms with E-state index in [0.717, 1.165) is 30.6 Å². The van der Waals surface area contributed by atoms with Crippen molar-refractivity contribution < 1.29 is 17.9 Å². The molecule has 2 aromatic carbocycles. The third-order valence-electron chi connectivity index (χ3n) is 4.62. The summed E-state index contributed by atoms with van der Waals surface area (Å²) in [6, 6.07) is 13.6. The first-order valence-electron chi connectivity index (χ1n) is 9.22. The largest absolute Gasteiger partial charge is 0.497 e. The van der Waals surface area contributed by atoms with Crippen LogP contribution in [0, 0.1) is 0 Å². The van der Waals surface area contributed by atoms with Crippen molar-refractivity contribution in [3.63, 3.8) is 0 Å². The molecule has 1 saturated heterocycles. The number of benzene rings is 2. The van der Waals surface area contributed by atoms with Crippen LogP contribution in [0.1, 0.15) is 24.8 Å². The number of amides is 1. The molecule has 148 valence electrons. The van der Waals surface area contributed by atoms with Crippen LogP contribution in [0.25, 0.3) is 6.08 Å². The summed E-state index contributed by atoms with van der Waals surface area (Å²) in [5.74, 6) is 0.462. The predicted molar refractivity (Wildman–Crippen MR) is 110 cm³/mol. The molecule has 1 heterocycles. The smallest absolute Gasteiger partial charge is 0.248 e. The highest BCUT2D eigenvalue weighted by Gasteiger charge is 2.25. The lowest BCUT2D eigenvalue weighted by molar-refractivity contribution is -0.111. The summed E-state index contributed by atoms with van der Waals surface area (Å²) in [7, 11) is -1.86. The summed E-state index contributed by atoms with van der Waals surface area (Å²) >= 11 is 0. The fraction of sp³-hybridized carbons (Fsp3) is 0.286. The maximum atomic E-state index is 12.6. The number of rotatable bonds is 6. The number of nitrogens with zero attached hydrogens (tertiary/aromatic N) is 1. The lowest BCUT2D eigenvalue weighted by atomic mass is 10.2. The quantitative estimate of drug-likeness (QED) is 0.753. The molecule has 2 aromatic rings. The second kappa shape index (κ2) is 9.03. The highest BCUT2D eigenvalue weighted by Crippen LogP contribution is 2.22. The highest BCUT2D eigenvalue weighted by atomic mass is 32.2. The van der Waals surface area contributed by atoms with Crippen LogP contribution in [-0.2, 0) is 14.8 Å². The fourth-order valence-corrected chi connectivity index (χ4v) is 4.55. The van der Waals surface area contributed by atoms with Gasteiger partial charge < -0.3 is 10.1 Å². The van der Waals surface area contributed by atoms with Gasteiger partial charge in [0.25, 0.3) is 0 Å². The molecule has 3 rings (SSSR count). The average molecular weight is 401 g/mol. The van der Waals surface area contributed by atoms with E-state index in [1.54, 1.807) is 25.3 Å². The van der Waals surface area contributed by atoms with Crippen molar-refractivity contribution >= 4 is 27.7 Å². The molecule has 1 fully saturated rings. The molecule has 28 heavy (non-hydrogen) atoms. The Bertz CT molecular complexity index is 929. The van der Waals surface area contributed by atoms with Crippen molar-refractivity contribution in [2.75, 3.05) is 25.5 Å². The van der Waals surface area contributed by atoms with Gasteiger partial charge in [0.2, 0.25) is 15.9 Å². The Kier molecular flexibility index (Phi) is 6.49. The lowest BCUT2D eigenvalue weighted by Gasteiger charge is -2.25. The Hall–Kier alpha value is -2.64. The average Bonchev–Trinajstić information content (AvgIpc) is 2.73. The summed E-state index contributed by atoms with van der Waals surface area (Å²) in [6.07, 6.45) is 5.99. The Morgan fingerprint density at radius 3 is 2.25 bits per heavy atom. The van der Waals surface area contributed by atoms with Crippen molar-refractivity contribution in [3.05, 3.63) is 60.2 Å². The first kappa shape index (κ1) is 20.1. The van der Waals surface area contributed by atoms with Gasteiger partial charge in [-0.3, -0.25) is 4.79 Å². The molecule has 1 aliphatic rings. The summed E-state index contributed by atoms with van der Waals surface area (Å²) < 4.78 is 31.9. The Morgan fingerprint density at radius 1 is 1.00 bits per heavy atom. The molecule has 1 aliphatic heterocycles. The van der Waals surface area contributed by atoms with E-state index in [2.05, 4.69) is 5.32 Å². The molecular weight excluding hydrogens is 376 g/mol. The van der Waals surface area contributed by atoms with Crippen molar-refractivity contribution in [3.8, 4) is 5.75 Å². The predicted octanol–water partition coefficient (Wildman–Crippen LogP) is 3.52. The first-order valence-corrected chi connectivity index (χ1v) is 10.7. The van der Waals surface area contributed by atoms with Crippen molar-refractivity contribution in [1.29, 1.82) is 0 Å². The molecule has 0 saturated carbocycles. The molecule has 0 atom stereocenters. The van der Waals surface area contributed by atoms with Gasteiger partial charge in [-0.2, -0.15) is 4.31 Å². The van der Waals surface area contributed by atoms with Gasteiger partial charge in [0.05, 0.1) is 12.0 Å². The van der Waals surface area contributed by atoms with E-state index in [4.69, 9.17) is 4.74 Å². The van der Waals surface area contributed by atoms with Gasteiger partial charge in [-0.05, 0) is 60.9 Å². The molecule has 0 spiro atoms. The minimum atomic E-state index is -3.46. The Morgan fingerprint density at radius 2 is 1.64 bits per heavy atom. The molecule has 1 amide bonds. The summed E-state index contributed by atoms with van der Waals surface area (Å²) in [5.41, 5.74) is 1.42. The highest BCUT2D eigenvalue weighted by molar-refractivity contribution is 7.89. The van der Waals surface area contributed by atoms with Gasteiger partial charge in [-0.15, -0.1) is 0 Å². The fourth-order valence-electron chi connectivity index (χ4n) is 3.04. The normalized spacial score (nSPS) is 15.5. The van der Waals surface area contributed by atoms with E-state index < -0.39 is 10.0 Å². The molecule has 0 bridgehead atoms. The number of carbonyl (C=O) groups is 1. The number of anilines is 1. The maximum Gasteiger partial charge on any atom is 0.248 e. The van der Waals surface area contributed by atoms with Crippen LogP contribution in [0.4, 0.5) is 5.69 Å². The first-order chi connectivity index (χ1) is 13.5. The summed E-state index contributed by atoms with van der Waals surface area (Å²) in [6.45, 7) is 1.13. The van der Waals surface area contributed by atoms with Gasteiger partial charge in [-0.25, -0.2) is 8.42 Å². The molecule has 7 heteroatoms. The molecule has 1 N–H and O–H groups in total. The topological polar surface area (TPSA) is 75.7 Å². The van der Waals surface area contributed by atoms with E-state index in [0.29, 0.717) is 18.8 Å². The minimum Gasteiger partial charge on any atom is -0.497 e. The van der Waals surface area contributed by atoms with Gasteiger partial charge in [0.15, 0.2) is 0 Å². The molecular formula is C21H24N2O4S. The second-order valence-electron chi connectivity index (χ2n) is 6.58. The number of sulfonamides is 1. The number of methoxy groups -OCH3 is 1. The molecule has 0 aliphatic carbocycles. The van der Waals surface area contributed by atoms with Crippen LogP contribution < -0.4 is 10.1 Å². The van der Waals surface area contributed by atoms with Crippen molar-refractivity contribution in [2.24, 2.45) is 0 Å². The Labute approximate surface area is 165 Å². The number of carbonyl (C=O) groups excluding carboxylic acids is 1. The van der Waals surface area contributed by atoms with Crippen LogP contribution in [0.2, 0.25) is 0 Å². The lowest BCUT2D eigenvalue weighted by Crippen LogP contribution is -2.35. The van der Waals surface area contributed by atoms with E-state index in [9.17, 15) is 13.2 Å². The van der Waals surface area contributed by atoms with E-state index in [-0.39, 0.29) is 10.8 Å². The van der Waals surface area contributed by atoms with Crippen LogP contribution in [0.15, 0.2) is 59.5 Å². The zero-order valence-corrected chi connectivity index (χ0v) is 16.6. The molecule has 0 radical (unpaired) electrons.